The van der Waals surface area contributed by atoms with Crippen LogP contribution in [0.15, 0.2) is 36.4 Å². The van der Waals surface area contributed by atoms with Gasteiger partial charge in [0, 0.05) is 11.6 Å². The number of carbonyl (C=O) groups excluding carboxylic acids is 1. The van der Waals surface area contributed by atoms with Crippen LogP contribution in [0.3, 0.4) is 0 Å². The zero-order valence-corrected chi connectivity index (χ0v) is 16.3. The van der Waals surface area contributed by atoms with Crippen LogP contribution in [0.1, 0.15) is 11.1 Å². The van der Waals surface area contributed by atoms with Crippen molar-refractivity contribution in [3.63, 3.8) is 0 Å². The van der Waals surface area contributed by atoms with Crippen LogP contribution >= 0.6 is 11.6 Å². The van der Waals surface area contributed by atoms with E-state index in [9.17, 15) is 4.79 Å². The van der Waals surface area contributed by atoms with Gasteiger partial charge in [0.25, 0.3) is 0 Å². The molecule has 0 spiro atoms. The molecule has 0 saturated heterocycles. The highest BCUT2D eigenvalue weighted by Gasteiger charge is 2.11. The maximum absolute atomic E-state index is 12.0. The normalized spacial score (nSPS) is 10.6. The quantitative estimate of drug-likeness (QED) is 0.497. The Morgan fingerprint density at radius 2 is 1.70 bits per heavy atom. The molecule has 0 radical (unpaired) electrons. The molecule has 0 aliphatic rings. The van der Waals surface area contributed by atoms with Crippen LogP contribution in [-0.4, -0.2) is 34.4 Å². The van der Waals surface area contributed by atoms with Crippen molar-refractivity contribution >= 4 is 23.6 Å². The Morgan fingerprint density at radius 1 is 0.963 bits per heavy atom. The molecule has 6 nitrogen and oxygen atoms in total. The average Bonchev–Trinajstić information content (AvgIpc) is 2.69. The first-order valence-electron chi connectivity index (χ1n) is 7.99. The van der Waals surface area contributed by atoms with Gasteiger partial charge in [-0.2, -0.15) is 0 Å². The van der Waals surface area contributed by atoms with Crippen molar-refractivity contribution in [2.45, 2.75) is 6.61 Å². The lowest BCUT2D eigenvalue weighted by molar-refractivity contribution is -0.138. The van der Waals surface area contributed by atoms with Crippen LogP contribution in [-0.2, 0) is 16.1 Å². The average molecular weight is 393 g/mol. The van der Waals surface area contributed by atoms with Gasteiger partial charge in [0.15, 0.2) is 11.5 Å². The van der Waals surface area contributed by atoms with Gasteiger partial charge in [0.1, 0.15) is 18.1 Å². The van der Waals surface area contributed by atoms with Crippen molar-refractivity contribution in [1.82, 2.24) is 0 Å². The van der Waals surface area contributed by atoms with E-state index in [4.69, 9.17) is 35.3 Å². The Labute approximate surface area is 163 Å². The number of hydrogen-bond donors (Lipinski definition) is 0. The summed E-state index contributed by atoms with van der Waals surface area (Å²) in [7, 11) is 6.13. The van der Waals surface area contributed by atoms with Crippen LogP contribution in [0.2, 0.25) is 5.02 Å². The van der Waals surface area contributed by atoms with Crippen LogP contribution < -0.4 is 18.9 Å². The van der Waals surface area contributed by atoms with E-state index < -0.39 is 5.97 Å². The van der Waals surface area contributed by atoms with Crippen molar-refractivity contribution in [2.75, 3.05) is 28.4 Å². The minimum atomic E-state index is -0.509. The Hall–Kier alpha value is -2.86. The maximum atomic E-state index is 12.0. The van der Waals surface area contributed by atoms with Gasteiger partial charge in [-0.25, -0.2) is 4.79 Å². The SMILES string of the molecule is COc1ccc(OC)c(COC(=O)/C=C/c2cc(Cl)c(OC)c(OC)c2)c1. The molecule has 7 heteroatoms. The fourth-order valence-electron chi connectivity index (χ4n) is 2.39. The zero-order chi connectivity index (χ0) is 19.8. The van der Waals surface area contributed by atoms with E-state index in [0.29, 0.717) is 39.1 Å². The smallest absolute Gasteiger partial charge is 0.331 e. The summed E-state index contributed by atoms with van der Waals surface area (Å²) in [4.78, 5) is 12.0. The molecule has 0 aliphatic carbocycles. The van der Waals surface area contributed by atoms with Gasteiger partial charge in [-0.05, 0) is 42.0 Å². The van der Waals surface area contributed by atoms with Crippen molar-refractivity contribution in [2.24, 2.45) is 0 Å². The molecule has 0 atom stereocenters. The second-order valence-corrected chi connectivity index (χ2v) is 5.76. The number of rotatable bonds is 8. The maximum Gasteiger partial charge on any atom is 0.331 e. The molecule has 27 heavy (non-hydrogen) atoms. The molecular formula is C20H21ClO6. The number of benzene rings is 2. The van der Waals surface area contributed by atoms with Gasteiger partial charge in [0.05, 0.1) is 33.5 Å². The molecule has 2 rings (SSSR count). The zero-order valence-electron chi connectivity index (χ0n) is 15.6. The molecule has 2 aromatic carbocycles. The highest BCUT2D eigenvalue weighted by Crippen LogP contribution is 2.36. The number of carbonyl (C=O) groups is 1. The van der Waals surface area contributed by atoms with Gasteiger partial charge in [-0.15, -0.1) is 0 Å². The second kappa shape index (κ2) is 9.73. The highest BCUT2D eigenvalue weighted by molar-refractivity contribution is 6.32. The van der Waals surface area contributed by atoms with Crippen LogP contribution in [0, 0.1) is 0 Å². The lowest BCUT2D eigenvalue weighted by Crippen LogP contribution is -2.02. The number of ether oxygens (including phenoxy) is 5. The topological polar surface area (TPSA) is 63.2 Å². The third kappa shape index (κ3) is 5.31. The van der Waals surface area contributed by atoms with Crippen molar-refractivity contribution in [3.05, 3.63) is 52.6 Å². The first-order chi connectivity index (χ1) is 13.0. The largest absolute Gasteiger partial charge is 0.497 e. The predicted molar refractivity (Wildman–Crippen MR) is 103 cm³/mol. The molecule has 0 amide bonds. The minimum Gasteiger partial charge on any atom is -0.497 e. The van der Waals surface area contributed by atoms with Crippen molar-refractivity contribution < 1.29 is 28.5 Å². The van der Waals surface area contributed by atoms with Gasteiger partial charge in [-0.1, -0.05) is 11.6 Å². The van der Waals surface area contributed by atoms with Gasteiger partial charge in [0.2, 0.25) is 0 Å². The molecule has 0 unspecified atom stereocenters. The molecular weight excluding hydrogens is 372 g/mol. The Morgan fingerprint density at radius 3 is 2.33 bits per heavy atom. The molecule has 144 valence electrons. The predicted octanol–water partition coefficient (Wildman–Crippen LogP) is 4.13. The van der Waals surface area contributed by atoms with Crippen molar-refractivity contribution in [1.29, 1.82) is 0 Å². The Balaban J connectivity index is 2.07. The Bertz CT molecular complexity index is 831. The summed E-state index contributed by atoms with van der Waals surface area (Å²) in [6.45, 7) is 0.0518. The Kier molecular flexibility index (Phi) is 7.37. The number of esters is 1. The summed E-state index contributed by atoms with van der Waals surface area (Å²) in [5.41, 5.74) is 1.38. The van der Waals surface area contributed by atoms with E-state index in [2.05, 4.69) is 0 Å². The van der Waals surface area contributed by atoms with E-state index in [0.717, 1.165) is 0 Å². The molecule has 0 saturated carbocycles. The van der Waals surface area contributed by atoms with Gasteiger partial charge >= 0.3 is 5.97 Å². The van der Waals surface area contributed by atoms with Crippen LogP contribution in [0.4, 0.5) is 0 Å². The standard InChI is InChI=1S/C20H21ClO6/c1-23-15-6-7-17(24-2)14(11-15)12-27-19(22)8-5-13-9-16(21)20(26-4)18(10-13)25-3/h5-11H,12H2,1-4H3/b8-5+. The molecule has 0 bridgehead atoms. The lowest BCUT2D eigenvalue weighted by atomic mass is 10.2. The molecule has 0 heterocycles. The van der Waals surface area contributed by atoms with Crippen molar-refractivity contribution in [3.8, 4) is 23.0 Å². The summed E-state index contributed by atoms with van der Waals surface area (Å²) in [6, 6.07) is 8.65. The monoisotopic (exact) mass is 392 g/mol. The van der Waals surface area contributed by atoms with E-state index >= 15 is 0 Å². The summed E-state index contributed by atoms with van der Waals surface area (Å²) in [5.74, 6) is 1.66. The van der Waals surface area contributed by atoms with Crippen LogP contribution in [0.25, 0.3) is 6.08 Å². The minimum absolute atomic E-state index is 0.0518. The number of methoxy groups -OCH3 is 4. The molecule has 0 fully saturated rings. The first kappa shape index (κ1) is 20.5. The first-order valence-corrected chi connectivity index (χ1v) is 8.37. The van der Waals surface area contributed by atoms with Gasteiger partial charge < -0.3 is 23.7 Å². The summed E-state index contributed by atoms with van der Waals surface area (Å²) in [5, 5.41) is 0.381. The highest BCUT2D eigenvalue weighted by atomic mass is 35.5. The number of halogens is 1. The molecule has 0 N–H and O–H groups in total. The van der Waals surface area contributed by atoms with E-state index in [1.54, 1.807) is 50.6 Å². The van der Waals surface area contributed by atoms with E-state index in [1.165, 1.54) is 20.3 Å². The van der Waals surface area contributed by atoms with Crippen LogP contribution in [0.5, 0.6) is 23.0 Å². The fourth-order valence-corrected chi connectivity index (χ4v) is 2.69. The fraction of sp³-hybridized carbons (Fsp3) is 0.250. The second-order valence-electron chi connectivity index (χ2n) is 5.36. The van der Waals surface area contributed by atoms with Gasteiger partial charge in [-0.3, -0.25) is 0 Å². The third-order valence-corrected chi connectivity index (χ3v) is 4.01. The molecule has 0 aromatic heterocycles. The summed E-state index contributed by atoms with van der Waals surface area (Å²) < 4.78 is 26.1. The molecule has 0 aliphatic heterocycles. The lowest BCUT2D eigenvalue weighted by Gasteiger charge is -2.11. The summed E-state index contributed by atoms with van der Waals surface area (Å²) >= 11 is 6.15. The summed E-state index contributed by atoms with van der Waals surface area (Å²) in [6.07, 6.45) is 2.89. The van der Waals surface area contributed by atoms with E-state index in [-0.39, 0.29) is 6.61 Å². The third-order valence-electron chi connectivity index (χ3n) is 3.73. The molecule has 2 aromatic rings. The number of hydrogen-bond acceptors (Lipinski definition) is 6. The van der Waals surface area contributed by atoms with E-state index in [1.807, 2.05) is 0 Å².